The summed E-state index contributed by atoms with van der Waals surface area (Å²) in [6, 6.07) is 7.70. The Morgan fingerprint density at radius 3 is 2.78 bits per heavy atom. The number of furan rings is 1. The van der Waals surface area contributed by atoms with Gasteiger partial charge in [0.2, 0.25) is 0 Å². The van der Waals surface area contributed by atoms with E-state index in [2.05, 4.69) is 5.32 Å². The summed E-state index contributed by atoms with van der Waals surface area (Å²) in [6.45, 7) is 4.56. The highest BCUT2D eigenvalue weighted by Crippen LogP contribution is 2.24. The third-order valence-electron chi connectivity index (χ3n) is 2.91. The lowest BCUT2D eigenvalue weighted by atomic mass is 10.1. The molecule has 0 fully saturated rings. The molecule has 18 heavy (non-hydrogen) atoms. The van der Waals surface area contributed by atoms with Gasteiger partial charge in [-0.25, -0.2) is 0 Å². The molecule has 98 valence electrons. The molecule has 0 bridgehead atoms. The number of methoxy groups -OCH3 is 1. The predicted octanol–water partition coefficient (Wildman–Crippen LogP) is 2.30. The maximum atomic E-state index is 9.17. The zero-order chi connectivity index (χ0) is 13.2. The number of benzene rings is 1. The molecule has 0 aliphatic rings. The van der Waals surface area contributed by atoms with Crippen molar-refractivity contribution in [2.75, 3.05) is 13.7 Å². The second-order valence-electron chi connectivity index (χ2n) is 5.01. The van der Waals surface area contributed by atoms with E-state index < -0.39 is 0 Å². The molecule has 0 atom stereocenters. The van der Waals surface area contributed by atoms with Gasteiger partial charge in [-0.05, 0) is 38.1 Å². The molecular formula is C14H19NO3. The van der Waals surface area contributed by atoms with Gasteiger partial charge in [-0.3, -0.25) is 0 Å². The molecule has 2 N–H and O–H groups in total. The Labute approximate surface area is 107 Å². The smallest absolute Gasteiger partial charge is 0.134 e. The zero-order valence-corrected chi connectivity index (χ0v) is 11.0. The van der Waals surface area contributed by atoms with Crippen LogP contribution in [0.3, 0.4) is 0 Å². The highest BCUT2D eigenvalue weighted by molar-refractivity contribution is 5.79. The van der Waals surface area contributed by atoms with Crippen molar-refractivity contribution in [2.45, 2.75) is 25.9 Å². The van der Waals surface area contributed by atoms with Gasteiger partial charge in [0, 0.05) is 10.9 Å². The van der Waals surface area contributed by atoms with Crippen LogP contribution in [0.2, 0.25) is 0 Å². The Morgan fingerprint density at radius 1 is 1.33 bits per heavy atom. The molecule has 0 aliphatic heterocycles. The summed E-state index contributed by atoms with van der Waals surface area (Å²) >= 11 is 0. The average Bonchev–Trinajstić information content (AvgIpc) is 2.78. The van der Waals surface area contributed by atoms with Crippen molar-refractivity contribution in [3.8, 4) is 5.75 Å². The highest BCUT2D eigenvalue weighted by atomic mass is 16.5. The zero-order valence-electron chi connectivity index (χ0n) is 11.0. The van der Waals surface area contributed by atoms with Crippen LogP contribution in [0.1, 0.15) is 19.6 Å². The third-order valence-corrected chi connectivity index (χ3v) is 2.91. The number of nitrogens with one attached hydrogen (secondary N) is 1. The predicted molar refractivity (Wildman–Crippen MR) is 70.8 cm³/mol. The third kappa shape index (κ3) is 2.83. The summed E-state index contributed by atoms with van der Waals surface area (Å²) in [5.74, 6) is 1.67. The monoisotopic (exact) mass is 249 g/mol. The number of aliphatic hydroxyl groups excluding tert-OH is 1. The summed E-state index contributed by atoms with van der Waals surface area (Å²) in [6.07, 6.45) is 0. The molecule has 1 aromatic carbocycles. The molecular weight excluding hydrogens is 230 g/mol. The fraction of sp³-hybridized carbons (Fsp3) is 0.429. The minimum atomic E-state index is -0.309. The van der Waals surface area contributed by atoms with Crippen molar-refractivity contribution in [3.05, 3.63) is 30.0 Å². The van der Waals surface area contributed by atoms with Gasteiger partial charge in [-0.15, -0.1) is 0 Å². The number of ether oxygens (including phenoxy) is 1. The summed E-state index contributed by atoms with van der Waals surface area (Å²) in [4.78, 5) is 0. The maximum Gasteiger partial charge on any atom is 0.134 e. The standard InChI is InChI=1S/C14H19NO3/c1-14(2,9-16)15-8-12-7-10-6-11(17-3)4-5-13(10)18-12/h4-7,15-16H,8-9H2,1-3H3. The van der Waals surface area contributed by atoms with Gasteiger partial charge in [0.25, 0.3) is 0 Å². The van der Waals surface area contributed by atoms with Crippen LogP contribution in [0.25, 0.3) is 11.0 Å². The first-order chi connectivity index (χ1) is 8.54. The summed E-state index contributed by atoms with van der Waals surface area (Å²) < 4.78 is 10.9. The number of rotatable bonds is 5. The second kappa shape index (κ2) is 5.00. The van der Waals surface area contributed by atoms with Crippen molar-refractivity contribution in [1.82, 2.24) is 5.32 Å². The fourth-order valence-electron chi connectivity index (χ4n) is 1.67. The van der Waals surface area contributed by atoms with Gasteiger partial charge < -0.3 is 19.6 Å². The number of hydrogen-bond acceptors (Lipinski definition) is 4. The van der Waals surface area contributed by atoms with Gasteiger partial charge in [-0.2, -0.15) is 0 Å². The minimum absolute atomic E-state index is 0.0844. The Bertz CT molecular complexity index is 531. The van der Waals surface area contributed by atoms with Crippen molar-refractivity contribution in [2.24, 2.45) is 0 Å². The van der Waals surface area contributed by atoms with E-state index in [0.29, 0.717) is 6.54 Å². The quantitative estimate of drug-likeness (QED) is 0.853. The van der Waals surface area contributed by atoms with E-state index in [1.165, 1.54) is 0 Å². The van der Waals surface area contributed by atoms with Gasteiger partial charge in [0.15, 0.2) is 0 Å². The minimum Gasteiger partial charge on any atom is -0.497 e. The first-order valence-corrected chi connectivity index (χ1v) is 5.96. The number of fused-ring (bicyclic) bond motifs is 1. The van der Waals surface area contributed by atoms with Crippen LogP contribution >= 0.6 is 0 Å². The molecule has 4 nitrogen and oxygen atoms in total. The van der Waals surface area contributed by atoms with E-state index in [1.54, 1.807) is 7.11 Å². The lowest BCUT2D eigenvalue weighted by Gasteiger charge is -2.22. The van der Waals surface area contributed by atoms with Crippen molar-refractivity contribution < 1.29 is 14.3 Å². The van der Waals surface area contributed by atoms with Crippen molar-refractivity contribution in [1.29, 1.82) is 0 Å². The largest absolute Gasteiger partial charge is 0.497 e. The molecule has 2 rings (SSSR count). The van der Waals surface area contributed by atoms with E-state index in [4.69, 9.17) is 9.15 Å². The van der Waals surface area contributed by atoms with Crippen molar-refractivity contribution >= 4 is 11.0 Å². The SMILES string of the molecule is COc1ccc2oc(CNC(C)(C)CO)cc2c1. The van der Waals surface area contributed by atoms with Gasteiger partial charge in [-0.1, -0.05) is 0 Å². The Hall–Kier alpha value is -1.52. The molecule has 1 aromatic heterocycles. The molecule has 0 aliphatic carbocycles. The van der Waals surface area contributed by atoms with Gasteiger partial charge in [0.1, 0.15) is 17.1 Å². The fourth-order valence-corrected chi connectivity index (χ4v) is 1.67. The Morgan fingerprint density at radius 2 is 2.11 bits per heavy atom. The van der Waals surface area contributed by atoms with E-state index >= 15 is 0 Å². The van der Waals surface area contributed by atoms with E-state index in [1.807, 2.05) is 38.1 Å². The molecule has 2 aromatic rings. The van der Waals surface area contributed by atoms with Gasteiger partial charge >= 0.3 is 0 Å². The Kier molecular flexibility index (Phi) is 3.59. The second-order valence-corrected chi connectivity index (χ2v) is 5.01. The molecule has 0 amide bonds. The van der Waals surface area contributed by atoms with E-state index in [-0.39, 0.29) is 12.1 Å². The maximum absolute atomic E-state index is 9.17. The topological polar surface area (TPSA) is 54.6 Å². The molecule has 0 saturated heterocycles. The number of aliphatic hydroxyl groups is 1. The lowest BCUT2D eigenvalue weighted by Crippen LogP contribution is -2.41. The molecule has 0 spiro atoms. The molecule has 0 radical (unpaired) electrons. The molecule has 0 unspecified atom stereocenters. The van der Waals surface area contributed by atoms with Crippen LogP contribution in [-0.4, -0.2) is 24.4 Å². The van der Waals surface area contributed by atoms with Crippen LogP contribution in [0, 0.1) is 0 Å². The number of hydrogen-bond donors (Lipinski definition) is 2. The summed E-state index contributed by atoms with van der Waals surface area (Å²) in [5.41, 5.74) is 0.533. The molecule has 0 saturated carbocycles. The lowest BCUT2D eigenvalue weighted by molar-refractivity contribution is 0.185. The van der Waals surface area contributed by atoms with Crippen molar-refractivity contribution in [3.63, 3.8) is 0 Å². The average molecular weight is 249 g/mol. The highest BCUT2D eigenvalue weighted by Gasteiger charge is 2.16. The first kappa shape index (κ1) is 12.9. The molecule has 1 heterocycles. The Balaban J connectivity index is 2.15. The summed E-state index contributed by atoms with van der Waals surface area (Å²) in [7, 11) is 1.65. The van der Waals surface area contributed by atoms with Crippen LogP contribution in [0.4, 0.5) is 0 Å². The van der Waals surface area contributed by atoms with Crippen LogP contribution in [0.5, 0.6) is 5.75 Å². The van der Waals surface area contributed by atoms with Crippen LogP contribution in [-0.2, 0) is 6.54 Å². The van der Waals surface area contributed by atoms with Crippen LogP contribution in [0.15, 0.2) is 28.7 Å². The van der Waals surface area contributed by atoms with E-state index in [9.17, 15) is 5.11 Å². The first-order valence-electron chi connectivity index (χ1n) is 5.96. The molecule has 4 heteroatoms. The van der Waals surface area contributed by atoms with Gasteiger partial charge in [0.05, 0.1) is 20.3 Å². The van der Waals surface area contributed by atoms with E-state index in [0.717, 1.165) is 22.5 Å². The normalized spacial score (nSPS) is 12.0. The summed E-state index contributed by atoms with van der Waals surface area (Å²) in [5, 5.41) is 13.4. The van der Waals surface area contributed by atoms with Crippen LogP contribution < -0.4 is 10.1 Å².